The van der Waals surface area contributed by atoms with E-state index in [1.54, 1.807) is 0 Å². The lowest BCUT2D eigenvalue weighted by Crippen LogP contribution is -2.21. The Morgan fingerprint density at radius 1 is 1.20 bits per heavy atom. The molecule has 9 heteroatoms. The lowest BCUT2D eigenvalue weighted by atomic mass is 10.5. The molecule has 0 bridgehead atoms. The molecule has 0 aromatic carbocycles. The average molecular weight is 222 g/mol. The smallest absolute Gasteiger partial charge is 0.339 e. The van der Waals surface area contributed by atoms with Crippen LogP contribution in [0.15, 0.2) is 15.9 Å². The van der Waals surface area contributed by atoms with Gasteiger partial charge in [0, 0.05) is 0 Å². The number of aromatic amines is 3. The SMILES string of the molecule is FC(F)F.O=c1[nH]c(=O)c2[nH]cnc2[nH]1. The molecule has 0 saturated heterocycles. The zero-order chi connectivity index (χ0) is 11.4. The summed E-state index contributed by atoms with van der Waals surface area (Å²) >= 11 is 0. The van der Waals surface area contributed by atoms with Crippen molar-refractivity contribution in [1.82, 2.24) is 19.9 Å². The second kappa shape index (κ2) is 4.44. The number of nitrogens with zero attached hydrogens (tertiary/aromatic N) is 1. The number of fused-ring (bicyclic) bond motifs is 1. The second-order valence-electron chi connectivity index (χ2n) is 2.28. The van der Waals surface area contributed by atoms with Crippen LogP contribution in [0, 0.1) is 0 Å². The third-order valence-corrected chi connectivity index (χ3v) is 1.33. The Morgan fingerprint density at radius 2 is 1.80 bits per heavy atom. The van der Waals surface area contributed by atoms with Gasteiger partial charge < -0.3 is 4.98 Å². The Labute approximate surface area is 79.2 Å². The summed E-state index contributed by atoms with van der Waals surface area (Å²) in [7, 11) is 0. The molecule has 3 N–H and O–H groups in total. The molecular weight excluding hydrogens is 217 g/mol. The van der Waals surface area contributed by atoms with Gasteiger partial charge in [0.25, 0.3) is 5.56 Å². The third kappa shape index (κ3) is 2.97. The maximum atomic E-state index is 10.9. The van der Waals surface area contributed by atoms with E-state index in [2.05, 4.69) is 19.9 Å². The minimum atomic E-state index is -3.67. The summed E-state index contributed by atoms with van der Waals surface area (Å²) in [5, 5.41) is 0. The van der Waals surface area contributed by atoms with Crippen molar-refractivity contribution in [2.75, 3.05) is 0 Å². The van der Waals surface area contributed by atoms with E-state index >= 15 is 0 Å². The van der Waals surface area contributed by atoms with E-state index < -0.39 is 17.9 Å². The minimum absolute atomic E-state index is 0.277. The van der Waals surface area contributed by atoms with Crippen LogP contribution in [-0.4, -0.2) is 26.6 Å². The monoisotopic (exact) mass is 222 g/mol. The number of aromatic nitrogens is 4. The number of hydrogen-bond acceptors (Lipinski definition) is 3. The number of H-pyrrole nitrogens is 3. The summed E-state index contributed by atoms with van der Waals surface area (Å²) < 4.78 is 29.0. The maximum Gasteiger partial charge on any atom is 0.379 e. The van der Waals surface area contributed by atoms with Gasteiger partial charge in [-0.1, -0.05) is 0 Å². The Balaban J connectivity index is 0.000000245. The summed E-state index contributed by atoms with van der Waals surface area (Å²) in [6, 6.07) is 0. The number of imidazole rings is 1. The van der Waals surface area contributed by atoms with Gasteiger partial charge in [-0.3, -0.25) is 14.8 Å². The van der Waals surface area contributed by atoms with Crippen molar-refractivity contribution in [3.63, 3.8) is 0 Å². The molecule has 2 heterocycles. The van der Waals surface area contributed by atoms with E-state index in [0.29, 0.717) is 0 Å². The number of halogens is 3. The summed E-state index contributed by atoms with van der Waals surface area (Å²) in [6.45, 7) is -3.67. The summed E-state index contributed by atoms with van der Waals surface area (Å²) in [5.41, 5.74) is -0.445. The third-order valence-electron chi connectivity index (χ3n) is 1.33. The van der Waals surface area contributed by atoms with Crippen LogP contribution in [0.1, 0.15) is 0 Å². The maximum absolute atomic E-state index is 10.9. The normalized spacial score (nSPS) is 10.1. The van der Waals surface area contributed by atoms with Gasteiger partial charge in [-0.25, -0.2) is 9.78 Å². The molecule has 6 nitrogen and oxygen atoms in total. The van der Waals surface area contributed by atoms with E-state index in [9.17, 15) is 22.8 Å². The highest BCUT2D eigenvalue weighted by atomic mass is 19.4. The Hall–Kier alpha value is -2.06. The van der Waals surface area contributed by atoms with E-state index in [-0.39, 0.29) is 11.2 Å². The number of hydrogen-bond donors (Lipinski definition) is 3. The highest BCUT2D eigenvalue weighted by molar-refractivity contribution is 5.67. The number of rotatable bonds is 0. The molecule has 0 atom stereocenters. The molecule has 0 spiro atoms. The zero-order valence-corrected chi connectivity index (χ0v) is 7.05. The van der Waals surface area contributed by atoms with Gasteiger partial charge in [-0.2, -0.15) is 13.2 Å². The van der Waals surface area contributed by atoms with Crippen molar-refractivity contribution in [3.05, 3.63) is 27.2 Å². The van der Waals surface area contributed by atoms with Crippen molar-refractivity contribution < 1.29 is 13.2 Å². The summed E-state index contributed by atoms with van der Waals surface area (Å²) in [6.07, 6.45) is 1.34. The van der Waals surface area contributed by atoms with E-state index in [0.717, 1.165) is 0 Å². The average Bonchev–Trinajstić information content (AvgIpc) is 2.50. The van der Waals surface area contributed by atoms with Crippen LogP contribution in [0.2, 0.25) is 0 Å². The van der Waals surface area contributed by atoms with Gasteiger partial charge in [0.2, 0.25) is 0 Å². The molecule has 0 saturated carbocycles. The van der Waals surface area contributed by atoms with Crippen molar-refractivity contribution >= 4 is 11.2 Å². The minimum Gasteiger partial charge on any atom is -0.339 e. The molecule has 0 amide bonds. The number of alkyl halides is 3. The lowest BCUT2D eigenvalue weighted by molar-refractivity contribution is 0.00819. The standard InChI is InChI=1S/C5H4N4O2.CHF3/c10-4-2-3(7-1-6-2)8-5(11)9-4;2-1(3)4/h1H,(H3,6,7,8,9,10,11);1H. The highest BCUT2D eigenvalue weighted by Crippen LogP contribution is 1.92. The quantitative estimate of drug-likeness (QED) is 0.590. The Kier molecular flexibility index (Phi) is 3.26. The second-order valence-corrected chi connectivity index (χ2v) is 2.28. The van der Waals surface area contributed by atoms with Crippen LogP contribution in [0.25, 0.3) is 11.2 Å². The van der Waals surface area contributed by atoms with Crippen molar-refractivity contribution in [1.29, 1.82) is 0 Å². The van der Waals surface area contributed by atoms with Gasteiger partial charge >= 0.3 is 12.4 Å². The zero-order valence-electron chi connectivity index (χ0n) is 7.05. The molecule has 2 aromatic rings. The molecule has 2 aromatic heterocycles. The first kappa shape index (κ1) is 11.0. The highest BCUT2D eigenvalue weighted by Gasteiger charge is 1.99. The molecule has 0 aliphatic heterocycles. The van der Waals surface area contributed by atoms with Gasteiger partial charge in [0.15, 0.2) is 5.65 Å². The van der Waals surface area contributed by atoms with E-state index in [1.165, 1.54) is 6.33 Å². The molecule has 0 aliphatic rings. The fourth-order valence-electron chi connectivity index (χ4n) is 0.867. The molecule has 15 heavy (non-hydrogen) atoms. The predicted octanol–water partition coefficient (Wildman–Crippen LogP) is 0.118. The fourth-order valence-corrected chi connectivity index (χ4v) is 0.867. The van der Waals surface area contributed by atoms with Crippen LogP contribution in [-0.2, 0) is 0 Å². The molecule has 82 valence electrons. The molecule has 0 unspecified atom stereocenters. The van der Waals surface area contributed by atoms with Gasteiger partial charge in [0.1, 0.15) is 5.52 Å². The Bertz CT molecular complexity index is 540. The van der Waals surface area contributed by atoms with E-state index in [4.69, 9.17) is 0 Å². The van der Waals surface area contributed by atoms with Crippen LogP contribution in [0.4, 0.5) is 13.2 Å². The van der Waals surface area contributed by atoms with Crippen LogP contribution >= 0.6 is 0 Å². The van der Waals surface area contributed by atoms with Crippen molar-refractivity contribution in [2.45, 2.75) is 6.68 Å². The largest absolute Gasteiger partial charge is 0.379 e. The fraction of sp³-hybridized carbons (Fsp3) is 0.167. The summed E-state index contributed by atoms with van der Waals surface area (Å²) in [5.74, 6) is 0. The van der Waals surface area contributed by atoms with Crippen molar-refractivity contribution in [2.24, 2.45) is 0 Å². The van der Waals surface area contributed by atoms with Crippen LogP contribution in [0.3, 0.4) is 0 Å². The molecule has 0 fully saturated rings. The lowest BCUT2D eigenvalue weighted by Gasteiger charge is -1.83. The van der Waals surface area contributed by atoms with Crippen molar-refractivity contribution in [3.8, 4) is 0 Å². The molecule has 0 radical (unpaired) electrons. The first-order chi connectivity index (χ1) is 7.00. The summed E-state index contributed by atoms with van der Waals surface area (Å²) in [4.78, 5) is 32.3. The Morgan fingerprint density at radius 3 is 2.40 bits per heavy atom. The van der Waals surface area contributed by atoms with Crippen LogP contribution < -0.4 is 11.2 Å². The van der Waals surface area contributed by atoms with Gasteiger partial charge in [-0.05, 0) is 0 Å². The van der Waals surface area contributed by atoms with Crippen LogP contribution in [0.5, 0.6) is 0 Å². The molecule has 2 rings (SSSR count). The van der Waals surface area contributed by atoms with E-state index in [1.807, 2.05) is 0 Å². The first-order valence-electron chi connectivity index (χ1n) is 3.58. The molecular formula is C6H5F3N4O2. The van der Waals surface area contributed by atoms with Gasteiger partial charge in [0.05, 0.1) is 6.33 Å². The number of nitrogens with one attached hydrogen (secondary N) is 3. The van der Waals surface area contributed by atoms with Gasteiger partial charge in [-0.15, -0.1) is 0 Å². The predicted molar refractivity (Wildman–Crippen MR) is 44.4 cm³/mol. The first-order valence-corrected chi connectivity index (χ1v) is 3.58. The molecule has 0 aliphatic carbocycles. The topological polar surface area (TPSA) is 94.4 Å².